The lowest BCUT2D eigenvalue weighted by atomic mass is 10.1. The van der Waals surface area contributed by atoms with Crippen LogP contribution in [0.5, 0.6) is 5.75 Å². The monoisotopic (exact) mass is 411 g/mol. The number of aryl methyl sites for hydroxylation is 1. The van der Waals surface area contributed by atoms with Gasteiger partial charge in [-0.15, -0.1) is 11.3 Å². The number of fused-ring (bicyclic) bond motifs is 1. The predicted octanol–water partition coefficient (Wildman–Crippen LogP) is 4.43. The molecule has 6 nitrogen and oxygen atoms in total. The van der Waals surface area contributed by atoms with Gasteiger partial charge < -0.3 is 14.3 Å². The van der Waals surface area contributed by atoms with Crippen LogP contribution in [0.15, 0.2) is 57.1 Å². The van der Waals surface area contributed by atoms with E-state index in [9.17, 15) is 19.1 Å². The van der Waals surface area contributed by atoms with Crippen LogP contribution in [0.2, 0.25) is 0 Å². The fraction of sp³-hybridized carbons (Fsp3) is 0.0952. The van der Waals surface area contributed by atoms with Gasteiger partial charge in [-0.05, 0) is 43.3 Å². The minimum atomic E-state index is -0.647. The molecule has 0 fully saturated rings. The normalized spacial score (nSPS) is 11.0. The molecule has 2 aromatic heterocycles. The summed E-state index contributed by atoms with van der Waals surface area (Å²) in [6, 6.07) is 10.1. The van der Waals surface area contributed by atoms with Crippen molar-refractivity contribution in [3.8, 4) is 16.3 Å². The highest BCUT2D eigenvalue weighted by Gasteiger charge is 2.16. The lowest BCUT2D eigenvalue weighted by Crippen LogP contribution is -2.08. The number of aromatic nitrogens is 1. The summed E-state index contributed by atoms with van der Waals surface area (Å²) >= 11 is 1.24. The van der Waals surface area contributed by atoms with Crippen LogP contribution in [0.3, 0.4) is 0 Å². The molecule has 0 saturated carbocycles. The molecule has 146 valence electrons. The molecule has 2 heterocycles. The number of esters is 1. The molecule has 0 unspecified atom stereocenters. The van der Waals surface area contributed by atoms with E-state index in [1.54, 1.807) is 30.5 Å². The number of carbonyl (C=O) groups excluding carboxylic acids is 1. The summed E-state index contributed by atoms with van der Waals surface area (Å²) in [4.78, 5) is 28.5. The number of hydrogen-bond acceptors (Lipinski definition) is 7. The zero-order valence-electron chi connectivity index (χ0n) is 15.1. The summed E-state index contributed by atoms with van der Waals surface area (Å²) in [7, 11) is 0. The fourth-order valence-corrected chi connectivity index (χ4v) is 3.64. The highest BCUT2D eigenvalue weighted by molar-refractivity contribution is 7.13. The van der Waals surface area contributed by atoms with Crippen LogP contribution < -0.4 is 5.63 Å². The zero-order valence-corrected chi connectivity index (χ0v) is 16.0. The van der Waals surface area contributed by atoms with E-state index in [0.717, 1.165) is 0 Å². The Kier molecular flexibility index (Phi) is 4.85. The molecular formula is C21H14FNO5S. The Morgan fingerprint density at radius 2 is 2.00 bits per heavy atom. The van der Waals surface area contributed by atoms with Gasteiger partial charge in [0.15, 0.2) is 5.69 Å². The zero-order chi connectivity index (χ0) is 20.5. The second-order valence-electron chi connectivity index (χ2n) is 6.30. The summed E-state index contributed by atoms with van der Waals surface area (Å²) in [5, 5.41) is 12.5. The number of phenolic OH excluding ortho intramolecular Hbond substituents is 1. The summed E-state index contributed by atoms with van der Waals surface area (Å²) in [5.41, 5.74) is 1.34. The Bertz CT molecular complexity index is 1280. The number of thiazole rings is 1. The number of benzene rings is 2. The summed E-state index contributed by atoms with van der Waals surface area (Å²) in [6.45, 7) is 1.47. The fourth-order valence-electron chi connectivity index (χ4n) is 2.84. The summed E-state index contributed by atoms with van der Waals surface area (Å²) < 4.78 is 23.5. The third-order valence-corrected chi connectivity index (χ3v) is 5.27. The lowest BCUT2D eigenvalue weighted by molar-refractivity contribution is 0.0468. The number of nitrogens with zero attached hydrogens (tertiary/aromatic N) is 1. The van der Waals surface area contributed by atoms with Gasteiger partial charge in [0.25, 0.3) is 0 Å². The molecule has 0 spiro atoms. The average Bonchev–Trinajstić information content (AvgIpc) is 3.20. The minimum Gasteiger partial charge on any atom is -0.508 e. The van der Waals surface area contributed by atoms with Crippen molar-refractivity contribution >= 4 is 28.3 Å². The summed E-state index contributed by atoms with van der Waals surface area (Å²) in [6.07, 6.45) is 0. The van der Waals surface area contributed by atoms with Crippen LogP contribution in [0.4, 0.5) is 4.39 Å². The van der Waals surface area contributed by atoms with E-state index < -0.39 is 11.6 Å². The molecule has 8 heteroatoms. The molecule has 0 amide bonds. The van der Waals surface area contributed by atoms with Crippen molar-refractivity contribution in [3.63, 3.8) is 0 Å². The van der Waals surface area contributed by atoms with Crippen LogP contribution in [0, 0.1) is 12.7 Å². The van der Waals surface area contributed by atoms with E-state index in [-0.39, 0.29) is 29.5 Å². The quantitative estimate of drug-likeness (QED) is 0.395. The van der Waals surface area contributed by atoms with Crippen molar-refractivity contribution < 1.29 is 23.4 Å². The van der Waals surface area contributed by atoms with Crippen molar-refractivity contribution in [2.24, 2.45) is 0 Å². The number of ether oxygens (including phenoxy) is 1. The van der Waals surface area contributed by atoms with E-state index in [0.29, 0.717) is 27.1 Å². The van der Waals surface area contributed by atoms with E-state index in [2.05, 4.69) is 4.98 Å². The van der Waals surface area contributed by atoms with E-state index >= 15 is 0 Å². The molecule has 0 aliphatic carbocycles. The molecular weight excluding hydrogens is 397 g/mol. The first kappa shape index (κ1) is 18.8. The Morgan fingerprint density at radius 3 is 2.76 bits per heavy atom. The summed E-state index contributed by atoms with van der Waals surface area (Å²) in [5.74, 6) is -0.995. The van der Waals surface area contributed by atoms with Crippen molar-refractivity contribution in [2.75, 3.05) is 0 Å². The van der Waals surface area contributed by atoms with Gasteiger partial charge >= 0.3 is 11.6 Å². The molecule has 2 aromatic carbocycles. The van der Waals surface area contributed by atoms with E-state index in [4.69, 9.17) is 9.15 Å². The van der Waals surface area contributed by atoms with E-state index in [1.807, 2.05) is 0 Å². The van der Waals surface area contributed by atoms with Gasteiger partial charge in [0, 0.05) is 33.5 Å². The second kappa shape index (κ2) is 7.48. The van der Waals surface area contributed by atoms with Crippen LogP contribution >= 0.6 is 11.3 Å². The number of rotatable bonds is 4. The first-order valence-electron chi connectivity index (χ1n) is 8.56. The molecule has 0 aliphatic heterocycles. The van der Waals surface area contributed by atoms with Gasteiger partial charge in [0.1, 0.15) is 28.8 Å². The Labute approximate surface area is 167 Å². The maximum Gasteiger partial charge on any atom is 0.358 e. The van der Waals surface area contributed by atoms with Gasteiger partial charge in [-0.3, -0.25) is 0 Å². The minimum absolute atomic E-state index is 0.00518. The van der Waals surface area contributed by atoms with Gasteiger partial charge in [0.05, 0.1) is 0 Å². The van der Waals surface area contributed by atoms with Crippen LogP contribution in [-0.4, -0.2) is 16.1 Å². The van der Waals surface area contributed by atoms with E-state index in [1.165, 1.54) is 35.6 Å². The maximum absolute atomic E-state index is 13.0. The number of phenols is 1. The largest absolute Gasteiger partial charge is 0.508 e. The predicted molar refractivity (Wildman–Crippen MR) is 106 cm³/mol. The third kappa shape index (κ3) is 3.74. The highest BCUT2D eigenvalue weighted by atomic mass is 32.1. The lowest BCUT2D eigenvalue weighted by Gasteiger charge is -2.08. The molecule has 0 radical (unpaired) electrons. The SMILES string of the molecule is Cc1c(O)ccc2c(COC(=O)c3csc(-c4ccc(F)cc4)n3)cc(=O)oc12. The van der Waals surface area contributed by atoms with Gasteiger partial charge in [-0.2, -0.15) is 0 Å². The second-order valence-corrected chi connectivity index (χ2v) is 7.16. The van der Waals surface area contributed by atoms with Crippen LogP contribution in [0.25, 0.3) is 21.5 Å². The first-order valence-corrected chi connectivity index (χ1v) is 9.44. The molecule has 1 N–H and O–H groups in total. The number of carbonyl (C=O) groups is 1. The molecule has 0 atom stereocenters. The Hall–Kier alpha value is -3.52. The molecule has 0 bridgehead atoms. The van der Waals surface area contributed by atoms with Gasteiger partial charge in [-0.1, -0.05) is 0 Å². The standard InChI is InChI=1S/C21H14FNO5S/c1-11-17(24)7-6-15-13(8-18(25)28-19(11)15)9-27-21(26)16-10-29-20(23-16)12-2-4-14(22)5-3-12/h2-8,10,24H,9H2,1H3. The number of halogens is 1. The third-order valence-electron chi connectivity index (χ3n) is 4.38. The number of aromatic hydroxyl groups is 1. The van der Waals surface area contributed by atoms with Crippen LogP contribution in [0.1, 0.15) is 21.6 Å². The molecule has 4 rings (SSSR count). The Morgan fingerprint density at radius 1 is 1.24 bits per heavy atom. The molecule has 0 saturated heterocycles. The molecule has 0 aliphatic rings. The number of hydrogen-bond donors (Lipinski definition) is 1. The average molecular weight is 411 g/mol. The van der Waals surface area contributed by atoms with Gasteiger partial charge in [0.2, 0.25) is 0 Å². The van der Waals surface area contributed by atoms with Crippen molar-refractivity contribution in [3.05, 3.63) is 80.9 Å². The smallest absolute Gasteiger partial charge is 0.358 e. The van der Waals surface area contributed by atoms with Crippen LogP contribution in [-0.2, 0) is 11.3 Å². The first-order chi connectivity index (χ1) is 13.9. The maximum atomic E-state index is 13.0. The Balaban J connectivity index is 1.55. The topological polar surface area (TPSA) is 89.6 Å². The highest BCUT2D eigenvalue weighted by Crippen LogP contribution is 2.28. The molecule has 4 aromatic rings. The van der Waals surface area contributed by atoms with Gasteiger partial charge in [-0.25, -0.2) is 19.0 Å². The van der Waals surface area contributed by atoms with Crippen molar-refractivity contribution in [1.29, 1.82) is 0 Å². The van der Waals surface area contributed by atoms with Crippen molar-refractivity contribution in [1.82, 2.24) is 4.98 Å². The van der Waals surface area contributed by atoms with Crippen molar-refractivity contribution in [2.45, 2.75) is 13.5 Å². The molecule has 29 heavy (non-hydrogen) atoms.